The van der Waals surface area contributed by atoms with Gasteiger partial charge in [0.15, 0.2) is 0 Å². The summed E-state index contributed by atoms with van der Waals surface area (Å²) in [7, 11) is 1.06. The first-order valence-corrected chi connectivity index (χ1v) is 9.30. The van der Waals surface area contributed by atoms with Gasteiger partial charge in [-0.3, -0.25) is 9.59 Å². The third-order valence-electron chi connectivity index (χ3n) is 4.51. The Kier molecular flexibility index (Phi) is 6.86. The van der Waals surface area contributed by atoms with Crippen LogP contribution in [0.2, 0.25) is 0 Å². The Bertz CT molecular complexity index is 1070. The fourth-order valence-corrected chi connectivity index (χ4v) is 3.00. The van der Waals surface area contributed by atoms with Crippen molar-refractivity contribution in [1.82, 2.24) is 15.1 Å². The molecule has 0 radical (unpaired) electrons. The zero-order valence-electron chi connectivity index (χ0n) is 16.5. The first kappa shape index (κ1) is 21.8. The van der Waals surface area contributed by atoms with Crippen LogP contribution in [0.15, 0.2) is 66.9 Å². The molecular weight excluding hydrogens is 408 g/mol. The van der Waals surface area contributed by atoms with E-state index in [2.05, 4.69) is 15.2 Å². The van der Waals surface area contributed by atoms with Crippen LogP contribution in [0.4, 0.5) is 8.78 Å². The molecule has 3 rings (SSSR count). The maximum absolute atomic E-state index is 13.2. The molecule has 1 aromatic heterocycles. The van der Waals surface area contributed by atoms with E-state index in [9.17, 15) is 23.2 Å². The molecule has 1 atom stereocenters. The molecule has 0 aliphatic carbocycles. The Labute approximate surface area is 176 Å². The number of carbonyl (C=O) groups is 3. The van der Waals surface area contributed by atoms with Gasteiger partial charge in [0.1, 0.15) is 11.7 Å². The highest BCUT2D eigenvalue weighted by Gasteiger charge is 2.30. The maximum atomic E-state index is 13.2. The number of methoxy groups -OCH3 is 1. The number of ether oxygens (including phenoxy) is 1. The van der Waals surface area contributed by atoms with Crippen molar-refractivity contribution in [2.24, 2.45) is 0 Å². The molecule has 0 bridgehead atoms. The number of ketones is 1. The number of hydrogen-bond donors (Lipinski definition) is 1. The zero-order valence-corrected chi connectivity index (χ0v) is 16.5. The number of esters is 1. The summed E-state index contributed by atoms with van der Waals surface area (Å²) in [4.78, 5) is 37.3. The number of aromatic nitrogens is 2. The lowest BCUT2D eigenvalue weighted by atomic mass is 10.0. The van der Waals surface area contributed by atoms with Crippen LogP contribution in [0.3, 0.4) is 0 Å². The lowest BCUT2D eigenvalue weighted by Crippen LogP contribution is -2.45. The average Bonchev–Trinajstić information content (AvgIpc) is 3.25. The summed E-state index contributed by atoms with van der Waals surface area (Å²) in [6.07, 6.45) is 0.925. The van der Waals surface area contributed by atoms with Crippen LogP contribution in [0, 0.1) is 0 Å². The van der Waals surface area contributed by atoms with Crippen molar-refractivity contribution >= 4 is 17.7 Å². The van der Waals surface area contributed by atoms with Crippen LogP contribution in [0.25, 0.3) is 11.3 Å². The summed E-state index contributed by atoms with van der Waals surface area (Å²) in [6.45, 7) is -2.96. The van der Waals surface area contributed by atoms with Gasteiger partial charge in [-0.2, -0.15) is 13.9 Å². The molecule has 0 spiro atoms. The van der Waals surface area contributed by atoms with Gasteiger partial charge in [0.2, 0.25) is 0 Å². The Morgan fingerprint density at radius 2 is 1.65 bits per heavy atom. The fourth-order valence-electron chi connectivity index (χ4n) is 3.00. The SMILES string of the molecule is COC(=O)C(=O)C(Cc1ccccc1)NC(=O)c1cn(C(F)F)nc1-c1ccccc1. The van der Waals surface area contributed by atoms with E-state index in [-0.39, 0.29) is 17.7 Å². The number of hydrogen-bond acceptors (Lipinski definition) is 5. The van der Waals surface area contributed by atoms with Crippen LogP contribution >= 0.6 is 0 Å². The number of carbonyl (C=O) groups excluding carboxylic acids is 3. The van der Waals surface area contributed by atoms with Crippen LogP contribution in [0.5, 0.6) is 0 Å². The molecule has 1 heterocycles. The molecule has 0 aliphatic rings. The van der Waals surface area contributed by atoms with Crippen LogP contribution in [-0.2, 0) is 20.7 Å². The largest absolute Gasteiger partial charge is 0.463 e. The number of nitrogens with zero attached hydrogens (tertiary/aromatic N) is 2. The van der Waals surface area contributed by atoms with Gasteiger partial charge in [-0.15, -0.1) is 0 Å². The lowest BCUT2D eigenvalue weighted by Gasteiger charge is -2.16. The summed E-state index contributed by atoms with van der Waals surface area (Å²) >= 11 is 0. The van der Waals surface area contributed by atoms with E-state index in [1.165, 1.54) is 0 Å². The number of benzene rings is 2. The molecule has 1 amide bonds. The molecule has 31 heavy (non-hydrogen) atoms. The van der Waals surface area contributed by atoms with E-state index in [1.54, 1.807) is 60.7 Å². The maximum Gasteiger partial charge on any atom is 0.376 e. The summed E-state index contributed by atoms with van der Waals surface area (Å²) < 4.78 is 31.3. The van der Waals surface area contributed by atoms with E-state index in [4.69, 9.17) is 0 Å². The van der Waals surface area contributed by atoms with Crippen molar-refractivity contribution in [3.63, 3.8) is 0 Å². The quantitative estimate of drug-likeness (QED) is 0.441. The van der Waals surface area contributed by atoms with Crippen molar-refractivity contribution in [2.75, 3.05) is 7.11 Å². The molecule has 2 aromatic carbocycles. The van der Waals surface area contributed by atoms with Gasteiger partial charge in [-0.25, -0.2) is 9.48 Å². The molecule has 0 aliphatic heterocycles. The fraction of sp³-hybridized carbons (Fsp3) is 0.182. The van der Waals surface area contributed by atoms with E-state index in [0.29, 0.717) is 15.8 Å². The van der Waals surface area contributed by atoms with Crippen molar-refractivity contribution in [3.8, 4) is 11.3 Å². The second kappa shape index (κ2) is 9.75. The summed E-state index contributed by atoms with van der Waals surface area (Å²) in [6, 6.07) is 15.8. The molecule has 0 saturated carbocycles. The first-order chi connectivity index (χ1) is 14.9. The van der Waals surface area contributed by atoms with Gasteiger partial charge in [0, 0.05) is 18.2 Å². The molecular formula is C22H19F2N3O4. The van der Waals surface area contributed by atoms with Crippen molar-refractivity contribution in [2.45, 2.75) is 19.0 Å². The minimum absolute atomic E-state index is 0.0180. The smallest absolute Gasteiger partial charge is 0.376 e. The number of nitrogens with one attached hydrogen (secondary N) is 1. The number of amides is 1. The Morgan fingerprint density at radius 3 is 2.23 bits per heavy atom. The number of Topliss-reactive ketones (excluding diaryl/α,β-unsaturated/α-hetero) is 1. The van der Waals surface area contributed by atoms with E-state index in [0.717, 1.165) is 13.3 Å². The minimum Gasteiger partial charge on any atom is -0.463 e. The van der Waals surface area contributed by atoms with Crippen LogP contribution < -0.4 is 5.32 Å². The number of rotatable bonds is 8. The van der Waals surface area contributed by atoms with Crippen molar-refractivity contribution in [3.05, 3.63) is 78.0 Å². The summed E-state index contributed by atoms with van der Waals surface area (Å²) in [5, 5.41) is 6.29. The molecule has 7 nitrogen and oxygen atoms in total. The zero-order chi connectivity index (χ0) is 22.4. The average molecular weight is 427 g/mol. The number of halogens is 2. The van der Waals surface area contributed by atoms with Gasteiger partial charge in [0.05, 0.1) is 12.7 Å². The third kappa shape index (κ3) is 5.19. The predicted octanol–water partition coefficient (Wildman–Crippen LogP) is 3.03. The topological polar surface area (TPSA) is 90.3 Å². The normalized spacial score (nSPS) is 11.7. The molecule has 0 fully saturated rings. The monoisotopic (exact) mass is 427 g/mol. The lowest BCUT2D eigenvalue weighted by molar-refractivity contribution is -0.152. The Hall–Kier alpha value is -3.88. The molecule has 1 unspecified atom stereocenters. The second-order valence-electron chi connectivity index (χ2n) is 6.59. The van der Waals surface area contributed by atoms with Crippen molar-refractivity contribution < 1.29 is 27.9 Å². The molecule has 3 aromatic rings. The van der Waals surface area contributed by atoms with Gasteiger partial charge >= 0.3 is 12.5 Å². The van der Waals surface area contributed by atoms with Crippen LogP contribution in [-0.4, -0.2) is 40.6 Å². The predicted molar refractivity (Wildman–Crippen MR) is 107 cm³/mol. The van der Waals surface area contributed by atoms with Gasteiger partial charge in [-0.05, 0) is 5.56 Å². The van der Waals surface area contributed by atoms with E-state index >= 15 is 0 Å². The highest BCUT2D eigenvalue weighted by molar-refractivity contribution is 6.36. The number of alkyl halides is 2. The third-order valence-corrected chi connectivity index (χ3v) is 4.51. The summed E-state index contributed by atoms with van der Waals surface area (Å²) in [5.74, 6) is -2.89. The first-order valence-electron chi connectivity index (χ1n) is 9.30. The molecule has 0 saturated heterocycles. The Balaban J connectivity index is 1.94. The molecule has 160 valence electrons. The summed E-state index contributed by atoms with van der Waals surface area (Å²) in [5.41, 5.74) is 1.02. The van der Waals surface area contributed by atoms with E-state index < -0.39 is 30.3 Å². The highest BCUT2D eigenvalue weighted by Crippen LogP contribution is 2.24. The highest BCUT2D eigenvalue weighted by atomic mass is 19.3. The standard InChI is InChI=1S/C22H19F2N3O4/c1-31-21(30)19(28)17(12-14-8-4-2-5-9-14)25-20(29)16-13-27(22(23)24)26-18(16)15-10-6-3-7-11-15/h2-11,13,17,22H,12H2,1H3,(H,25,29). The second-order valence-corrected chi connectivity index (χ2v) is 6.59. The van der Waals surface area contributed by atoms with Gasteiger partial charge in [-0.1, -0.05) is 60.7 Å². The molecule has 1 N–H and O–H groups in total. The van der Waals surface area contributed by atoms with E-state index in [1.807, 2.05) is 0 Å². The van der Waals surface area contributed by atoms with Crippen LogP contribution in [0.1, 0.15) is 22.5 Å². The minimum atomic E-state index is -2.96. The molecule has 9 heteroatoms. The van der Waals surface area contributed by atoms with Crippen molar-refractivity contribution in [1.29, 1.82) is 0 Å². The van der Waals surface area contributed by atoms with Gasteiger partial charge < -0.3 is 10.1 Å². The van der Waals surface area contributed by atoms with Gasteiger partial charge in [0.25, 0.3) is 11.7 Å². The Morgan fingerprint density at radius 1 is 1.03 bits per heavy atom.